The standard InChI is InChI=1S/C19H30N4O2/c24-18(15-7-3-1-4-8-15)20-11-12-21-19(25)16-13-22-23(14-16)17-9-5-2-6-10-17/h13-15,17H,1-12H2,(H,20,24)(H,21,25). The van der Waals surface area contributed by atoms with Gasteiger partial charge in [-0.15, -0.1) is 0 Å². The molecule has 0 aliphatic heterocycles. The molecule has 2 aliphatic carbocycles. The molecule has 0 radical (unpaired) electrons. The van der Waals surface area contributed by atoms with Crippen molar-refractivity contribution >= 4 is 11.8 Å². The molecule has 2 aliphatic rings. The first kappa shape index (κ1) is 18.0. The number of rotatable bonds is 6. The van der Waals surface area contributed by atoms with Crippen molar-refractivity contribution in [3.63, 3.8) is 0 Å². The number of aromatic nitrogens is 2. The minimum Gasteiger partial charge on any atom is -0.354 e. The summed E-state index contributed by atoms with van der Waals surface area (Å²) in [4.78, 5) is 24.3. The van der Waals surface area contributed by atoms with Crippen LogP contribution in [0.15, 0.2) is 12.4 Å². The number of hydrogen-bond donors (Lipinski definition) is 2. The van der Waals surface area contributed by atoms with Gasteiger partial charge in [0.2, 0.25) is 5.91 Å². The third-order valence-electron chi connectivity index (χ3n) is 5.50. The van der Waals surface area contributed by atoms with Gasteiger partial charge in [0.15, 0.2) is 0 Å². The van der Waals surface area contributed by atoms with Crippen LogP contribution in [0.25, 0.3) is 0 Å². The maximum absolute atomic E-state index is 12.2. The van der Waals surface area contributed by atoms with Crippen LogP contribution in [0.4, 0.5) is 0 Å². The fourth-order valence-corrected chi connectivity index (χ4v) is 3.97. The Balaban J connectivity index is 1.37. The van der Waals surface area contributed by atoms with Crippen molar-refractivity contribution in [2.24, 2.45) is 5.92 Å². The summed E-state index contributed by atoms with van der Waals surface area (Å²) in [6, 6.07) is 0.435. The fraction of sp³-hybridized carbons (Fsp3) is 0.737. The van der Waals surface area contributed by atoms with Gasteiger partial charge >= 0.3 is 0 Å². The third kappa shape index (κ3) is 5.06. The average Bonchev–Trinajstić information content (AvgIpc) is 3.16. The van der Waals surface area contributed by atoms with Crippen molar-refractivity contribution < 1.29 is 9.59 Å². The molecule has 0 aromatic carbocycles. The van der Waals surface area contributed by atoms with Crippen LogP contribution in [0.2, 0.25) is 0 Å². The lowest BCUT2D eigenvalue weighted by atomic mass is 9.89. The Morgan fingerprint density at radius 2 is 1.60 bits per heavy atom. The first-order valence-electron chi connectivity index (χ1n) is 9.84. The van der Waals surface area contributed by atoms with Gasteiger partial charge in [-0.1, -0.05) is 38.5 Å². The molecule has 2 amide bonds. The summed E-state index contributed by atoms with van der Waals surface area (Å²) >= 11 is 0. The highest BCUT2D eigenvalue weighted by Crippen LogP contribution is 2.27. The number of amides is 2. The van der Waals surface area contributed by atoms with Gasteiger partial charge in [0.05, 0.1) is 17.8 Å². The van der Waals surface area contributed by atoms with Crippen LogP contribution in [0.5, 0.6) is 0 Å². The molecular formula is C19H30N4O2. The van der Waals surface area contributed by atoms with Crippen molar-refractivity contribution in [3.05, 3.63) is 18.0 Å². The second-order valence-electron chi connectivity index (χ2n) is 7.38. The van der Waals surface area contributed by atoms with Crippen molar-refractivity contribution in [2.45, 2.75) is 70.3 Å². The van der Waals surface area contributed by atoms with Crippen molar-refractivity contribution in [1.29, 1.82) is 0 Å². The van der Waals surface area contributed by atoms with E-state index in [9.17, 15) is 9.59 Å². The monoisotopic (exact) mass is 346 g/mol. The molecule has 1 heterocycles. The van der Waals surface area contributed by atoms with E-state index in [0.29, 0.717) is 24.7 Å². The predicted molar refractivity (Wildman–Crippen MR) is 96.3 cm³/mol. The molecule has 0 spiro atoms. The highest BCUT2D eigenvalue weighted by molar-refractivity contribution is 5.93. The molecule has 0 atom stereocenters. The summed E-state index contributed by atoms with van der Waals surface area (Å²) in [7, 11) is 0. The first-order chi connectivity index (χ1) is 12.2. The molecule has 6 heteroatoms. The predicted octanol–water partition coefficient (Wildman–Crippen LogP) is 2.81. The van der Waals surface area contributed by atoms with Gasteiger partial charge in [-0.3, -0.25) is 14.3 Å². The van der Waals surface area contributed by atoms with E-state index in [1.165, 1.54) is 25.7 Å². The summed E-state index contributed by atoms with van der Waals surface area (Å²) < 4.78 is 1.94. The summed E-state index contributed by atoms with van der Waals surface area (Å²) in [5.41, 5.74) is 0.601. The molecule has 2 saturated carbocycles. The molecule has 1 aromatic rings. The molecule has 25 heavy (non-hydrogen) atoms. The molecule has 138 valence electrons. The Bertz CT molecular complexity index is 572. The van der Waals surface area contributed by atoms with Crippen molar-refractivity contribution in [2.75, 3.05) is 13.1 Å². The van der Waals surface area contributed by atoms with Crippen LogP contribution in [0, 0.1) is 5.92 Å². The fourth-order valence-electron chi connectivity index (χ4n) is 3.97. The van der Waals surface area contributed by atoms with E-state index in [1.54, 1.807) is 6.20 Å². The zero-order valence-electron chi connectivity index (χ0n) is 15.0. The van der Waals surface area contributed by atoms with Crippen LogP contribution in [0.3, 0.4) is 0 Å². The van der Waals surface area contributed by atoms with E-state index in [2.05, 4.69) is 15.7 Å². The lowest BCUT2D eigenvalue weighted by molar-refractivity contribution is -0.125. The van der Waals surface area contributed by atoms with E-state index in [0.717, 1.165) is 38.5 Å². The molecular weight excluding hydrogens is 316 g/mol. The Morgan fingerprint density at radius 1 is 0.960 bits per heavy atom. The zero-order valence-corrected chi connectivity index (χ0v) is 15.0. The number of carbonyl (C=O) groups excluding carboxylic acids is 2. The topological polar surface area (TPSA) is 76.0 Å². The quantitative estimate of drug-likeness (QED) is 0.778. The van der Waals surface area contributed by atoms with Crippen LogP contribution < -0.4 is 10.6 Å². The van der Waals surface area contributed by atoms with Gasteiger partial charge in [-0.2, -0.15) is 5.10 Å². The van der Waals surface area contributed by atoms with E-state index in [1.807, 2.05) is 10.9 Å². The molecule has 6 nitrogen and oxygen atoms in total. The van der Waals surface area contributed by atoms with Gasteiger partial charge in [-0.25, -0.2) is 0 Å². The van der Waals surface area contributed by atoms with Crippen LogP contribution in [-0.2, 0) is 4.79 Å². The van der Waals surface area contributed by atoms with Gasteiger partial charge in [0.25, 0.3) is 5.91 Å². The van der Waals surface area contributed by atoms with Crippen LogP contribution in [-0.4, -0.2) is 34.7 Å². The van der Waals surface area contributed by atoms with E-state index < -0.39 is 0 Å². The van der Waals surface area contributed by atoms with E-state index in [-0.39, 0.29) is 17.7 Å². The Morgan fingerprint density at radius 3 is 2.32 bits per heavy atom. The molecule has 1 aromatic heterocycles. The van der Waals surface area contributed by atoms with Crippen LogP contribution >= 0.6 is 0 Å². The summed E-state index contributed by atoms with van der Waals surface area (Å²) in [6.45, 7) is 0.934. The second-order valence-corrected chi connectivity index (χ2v) is 7.38. The van der Waals surface area contributed by atoms with Gasteiger partial charge < -0.3 is 10.6 Å². The number of hydrogen-bond acceptors (Lipinski definition) is 3. The third-order valence-corrected chi connectivity index (χ3v) is 5.50. The maximum atomic E-state index is 12.2. The summed E-state index contributed by atoms with van der Waals surface area (Å²) in [5, 5.41) is 10.2. The lowest BCUT2D eigenvalue weighted by Crippen LogP contribution is -2.38. The maximum Gasteiger partial charge on any atom is 0.254 e. The molecule has 3 rings (SSSR count). The largest absolute Gasteiger partial charge is 0.354 e. The van der Waals surface area contributed by atoms with Crippen molar-refractivity contribution in [1.82, 2.24) is 20.4 Å². The number of nitrogens with one attached hydrogen (secondary N) is 2. The molecule has 2 fully saturated rings. The normalized spacial score (nSPS) is 19.5. The molecule has 0 bridgehead atoms. The summed E-state index contributed by atoms with van der Waals surface area (Å²) in [5.74, 6) is 0.186. The van der Waals surface area contributed by atoms with Gasteiger partial charge in [-0.05, 0) is 25.7 Å². The molecule has 0 saturated heterocycles. The number of nitrogens with zero attached hydrogens (tertiary/aromatic N) is 2. The first-order valence-corrected chi connectivity index (χ1v) is 9.84. The Kier molecular flexibility index (Phi) is 6.48. The van der Waals surface area contributed by atoms with Crippen LogP contribution in [0.1, 0.15) is 80.6 Å². The second kappa shape index (κ2) is 9.02. The smallest absolute Gasteiger partial charge is 0.254 e. The van der Waals surface area contributed by atoms with Gasteiger partial charge in [0, 0.05) is 25.2 Å². The zero-order chi connectivity index (χ0) is 17.5. The molecule has 0 unspecified atom stereocenters. The van der Waals surface area contributed by atoms with E-state index >= 15 is 0 Å². The number of carbonyl (C=O) groups is 2. The highest BCUT2D eigenvalue weighted by atomic mass is 16.2. The Hall–Kier alpha value is -1.85. The Labute approximate surface area is 149 Å². The van der Waals surface area contributed by atoms with Crippen molar-refractivity contribution in [3.8, 4) is 0 Å². The summed E-state index contributed by atoms with van der Waals surface area (Å²) in [6.07, 6.45) is 15.1. The minimum absolute atomic E-state index is 0.117. The van der Waals surface area contributed by atoms with Gasteiger partial charge in [0.1, 0.15) is 0 Å². The average molecular weight is 346 g/mol. The lowest BCUT2D eigenvalue weighted by Gasteiger charge is -2.21. The van der Waals surface area contributed by atoms with E-state index in [4.69, 9.17) is 0 Å². The molecule has 2 N–H and O–H groups in total. The SMILES string of the molecule is O=C(NCCNC(=O)C1CCCCC1)c1cnn(C2CCCCC2)c1. The minimum atomic E-state index is -0.117. The highest BCUT2D eigenvalue weighted by Gasteiger charge is 2.21.